The summed E-state index contributed by atoms with van der Waals surface area (Å²) in [6.45, 7) is 11.0. The molecule has 1 saturated heterocycles. The summed E-state index contributed by atoms with van der Waals surface area (Å²) in [6.07, 6.45) is 1.02. The highest BCUT2D eigenvalue weighted by atomic mass is 15.2. The van der Waals surface area contributed by atoms with Gasteiger partial charge >= 0.3 is 0 Å². The minimum Gasteiger partial charge on any atom is -0.297 e. The van der Waals surface area contributed by atoms with Gasteiger partial charge in [-0.2, -0.15) is 5.26 Å². The summed E-state index contributed by atoms with van der Waals surface area (Å²) in [6, 6.07) is 2.38. The third-order valence-corrected chi connectivity index (χ3v) is 2.81. The van der Waals surface area contributed by atoms with Crippen LogP contribution in [0.3, 0.4) is 0 Å². The molecule has 0 N–H and O–H groups in total. The maximum Gasteiger partial charge on any atom is 0.0670 e. The highest BCUT2D eigenvalue weighted by Gasteiger charge is 2.38. The van der Waals surface area contributed by atoms with Crippen LogP contribution < -0.4 is 0 Å². The normalized spacial score (nSPS) is 27.8. The van der Waals surface area contributed by atoms with E-state index in [4.69, 9.17) is 5.26 Å². The summed E-state index contributed by atoms with van der Waals surface area (Å²) in [5.41, 5.74) is 0.227. The Morgan fingerprint density at radius 2 is 2.15 bits per heavy atom. The molecule has 1 aliphatic heterocycles. The molecule has 1 fully saturated rings. The van der Waals surface area contributed by atoms with Gasteiger partial charge < -0.3 is 0 Å². The van der Waals surface area contributed by atoms with E-state index in [-0.39, 0.29) is 11.5 Å². The fraction of sp³-hybridized carbons (Fsp3) is 0.909. The van der Waals surface area contributed by atoms with Gasteiger partial charge in [0.1, 0.15) is 0 Å². The quantitative estimate of drug-likeness (QED) is 0.652. The molecule has 1 unspecified atom stereocenters. The Labute approximate surface area is 81.5 Å². The summed E-state index contributed by atoms with van der Waals surface area (Å²) >= 11 is 0. The molecule has 0 aromatic heterocycles. The van der Waals surface area contributed by atoms with Gasteiger partial charge in [-0.25, -0.2) is 0 Å². The molecule has 1 atom stereocenters. The molecule has 0 amide bonds. The maximum atomic E-state index is 8.87. The van der Waals surface area contributed by atoms with Crippen molar-refractivity contribution in [1.82, 2.24) is 4.90 Å². The monoisotopic (exact) mass is 180 g/mol. The van der Waals surface area contributed by atoms with E-state index in [9.17, 15) is 0 Å². The van der Waals surface area contributed by atoms with Crippen molar-refractivity contribution in [2.45, 2.75) is 39.7 Å². The highest BCUT2D eigenvalue weighted by Crippen LogP contribution is 2.32. The summed E-state index contributed by atoms with van der Waals surface area (Å²) < 4.78 is 0. The molecule has 2 heteroatoms. The third-order valence-electron chi connectivity index (χ3n) is 2.81. The molecular weight excluding hydrogens is 160 g/mol. The Hall–Kier alpha value is -0.550. The zero-order valence-electron chi connectivity index (χ0n) is 9.17. The van der Waals surface area contributed by atoms with Gasteiger partial charge in [0, 0.05) is 18.6 Å². The van der Waals surface area contributed by atoms with Crippen molar-refractivity contribution in [2.75, 3.05) is 13.1 Å². The second-order valence-corrected chi connectivity index (χ2v) is 5.14. The maximum absolute atomic E-state index is 8.87. The number of hydrogen-bond acceptors (Lipinski definition) is 2. The van der Waals surface area contributed by atoms with Crippen LogP contribution in [0.4, 0.5) is 0 Å². The van der Waals surface area contributed by atoms with Gasteiger partial charge in [-0.1, -0.05) is 13.8 Å². The van der Waals surface area contributed by atoms with Gasteiger partial charge in [0.15, 0.2) is 0 Å². The van der Waals surface area contributed by atoms with Gasteiger partial charge in [-0.15, -0.1) is 0 Å². The van der Waals surface area contributed by atoms with Crippen molar-refractivity contribution in [2.24, 2.45) is 11.8 Å². The first-order valence-corrected chi connectivity index (χ1v) is 5.10. The summed E-state index contributed by atoms with van der Waals surface area (Å²) in [5, 5.41) is 8.87. The van der Waals surface area contributed by atoms with Crippen molar-refractivity contribution < 1.29 is 0 Å². The Bertz CT molecular complexity index is 213. The van der Waals surface area contributed by atoms with Crippen LogP contribution >= 0.6 is 0 Å². The summed E-state index contributed by atoms with van der Waals surface area (Å²) in [5.74, 6) is 0.936. The first-order valence-electron chi connectivity index (χ1n) is 5.10. The molecule has 0 spiro atoms. The van der Waals surface area contributed by atoms with E-state index in [2.05, 4.69) is 38.7 Å². The van der Waals surface area contributed by atoms with Crippen LogP contribution in [0.25, 0.3) is 0 Å². The molecular formula is C11H20N2. The van der Waals surface area contributed by atoms with Crippen LogP contribution in [0, 0.1) is 23.2 Å². The van der Waals surface area contributed by atoms with E-state index in [1.54, 1.807) is 0 Å². The van der Waals surface area contributed by atoms with Crippen molar-refractivity contribution in [1.29, 1.82) is 5.26 Å². The molecule has 74 valence electrons. The van der Waals surface area contributed by atoms with Crippen LogP contribution in [0.2, 0.25) is 0 Å². The van der Waals surface area contributed by atoms with E-state index in [0.717, 1.165) is 19.5 Å². The smallest absolute Gasteiger partial charge is 0.0670 e. The molecule has 2 nitrogen and oxygen atoms in total. The molecule has 1 aliphatic rings. The summed E-state index contributed by atoms with van der Waals surface area (Å²) in [7, 11) is 0. The molecule has 0 aliphatic carbocycles. The van der Waals surface area contributed by atoms with Gasteiger partial charge in [0.05, 0.1) is 12.0 Å². The summed E-state index contributed by atoms with van der Waals surface area (Å²) in [4.78, 5) is 2.45. The van der Waals surface area contributed by atoms with Gasteiger partial charge in [0.25, 0.3) is 0 Å². The molecule has 0 bridgehead atoms. The Morgan fingerprint density at radius 1 is 1.54 bits per heavy atom. The lowest BCUT2D eigenvalue weighted by atomic mass is 9.97. The van der Waals surface area contributed by atoms with E-state index in [1.165, 1.54) is 0 Å². The zero-order chi connectivity index (χ0) is 10.1. The molecule has 1 rings (SSSR count). The van der Waals surface area contributed by atoms with Crippen molar-refractivity contribution in [3.63, 3.8) is 0 Å². The van der Waals surface area contributed by atoms with E-state index in [1.807, 2.05) is 0 Å². The van der Waals surface area contributed by atoms with E-state index < -0.39 is 0 Å². The number of hydrogen-bond donors (Lipinski definition) is 0. The standard InChI is InChI=1S/C11H20N2/c1-9(2)7-13-8-10(6-12)5-11(13,3)4/h9-10H,5,7-8H2,1-4H3. The van der Waals surface area contributed by atoms with Crippen LogP contribution in [-0.4, -0.2) is 23.5 Å². The van der Waals surface area contributed by atoms with Crippen molar-refractivity contribution >= 4 is 0 Å². The topological polar surface area (TPSA) is 27.0 Å². The van der Waals surface area contributed by atoms with Gasteiger partial charge in [-0.3, -0.25) is 4.90 Å². The fourth-order valence-corrected chi connectivity index (χ4v) is 2.16. The number of nitrogens with zero attached hydrogens (tertiary/aromatic N) is 2. The number of rotatable bonds is 2. The number of likely N-dealkylation sites (tertiary alicyclic amines) is 1. The van der Waals surface area contributed by atoms with Crippen LogP contribution in [0.1, 0.15) is 34.1 Å². The molecule has 0 radical (unpaired) electrons. The average molecular weight is 180 g/mol. The molecule has 0 aromatic carbocycles. The second kappa shape index (κ2) is 3.67. The fourth-order valence-electron chi connectivity index (χ4n) is 2.16. The predicted molar refractivity (Wildman–Crippen MR) is 54.2 cm³/mol. The zero-order valence-corrected chi connectivity index (χ0v) is 9.17. The Kier molecular flexibility index (Phi) is 2.98. The van der Waals surface area contributed by atoms with Gasteiger partial charge in [0.2, 0.25) is 0 Å². The lowest BCUT2D eigenvalue weighted by molar-refractivity contribution is 0.156. The number of nitriles is 1. The van der Waals surface area contributed by atoms with Gasteiger partial charge in [-0.05, 0) is 26.2 Å². The minimum atomic E-state index is 0.227. The van der Waals surface area contributed by atoms with E-state index >= 15 is 0 Å². The van der Waals surface area contributed by atoms with Crippen LogP contribution in [-0.2, 0) is 0 Å². The van der Waals surface area contributed by atoms with Crippen LogP contribution in [0.5, 0.6) is 0 Å². The second-order valence-electron chi connectivity index (χ2n) is 5.14. The average Bonchev–Trinajstić information content (AvgIpc) is 2.26. The molecule has 0 aromatic rings. The van der Waals surface area contributed by atoms with Crippen molar-refractivity contribution in [3.05, 3.63) is 0 Å². The highest BCUT2D eigenvalue weighted by molar-refractivity contribution is 5.00. The lowest BCUT2D eigenvalue weighted by Crippen LogP contribution is -2.40. The Morgan fingerprint density at radius 3 is 2.54 bits per heavy atom. The lowest BCUT2D eigenvalue weighted by Gasteiger charge is -2.32. The van der Waals surface area contributed by atoms with Crippen LogP contribution in [0.15, 0.2) is 0 Å². The molecule has 0 saturated carbocycles. The van der Waals surface area contributed by atoms with E-state index in [0.29, 0.717) is 5.92 Å². The SMILES string of the molecule is CC(C)CN1CC(C#N)CC1(C)C. The van der Waals surface area contributed by atoms with Crippen molar-refractivity contribution in [3.8, 4) is 6.07 Å². The third kappa shape index (κ3) is 2.45. The first-order chi connectivity index (χ1) is 5.95. The minimum absolute atomic E-state index is 0.227. The predicted octanol–water partition coefficient (Wildman–Crippen LogP) is 2.27. The Balaban J connectivity index is 2.60. The first kappa shape index (κ1) is 10.5. The molecule has 1 heterocycles. The largest absolute Gasteiger partial charge is 0.297 e. The molecule has 13 heavy (non-hydrogen) atoms.